The summed E-state index contributed by atoms with van der Waals surface area (Å²) in [4.78, 5) is 42.1. The first-order valence-corrected chi connectivity index (χ1v) is 16.5. The molecule has 0 aliphatic rings. The molecule has 8 nitrogen and oxygen atoms in total. The van der Waals surface area contributed by atoms with Crippen molar-refractivity contribution in [1.82, 2.24) is 0 Å². The fourth-order valence-electron chi connectivity index (χ4n) is 3.65. The number of allylic oxidation sites excluding steroid dienone is 8. The lowest BCUT2D eigenvalue weighted by Crippen LogP contribution is -2.29. The van der Waals surface area contributed by atoms with E-state index in [1.165, 1.54) is 0 Å². The van der Waals surface area contributed by atoms with Gasteiger partial charge < -0.3 is 19.3 Å². The number of carbonyl (C=O) groups excluding carboxylic acids is 2. The number of phosphoric ester groups is 1. The first kappa shape index (κ1) is 38.0. The second-order valence-electron chi connectivity index (χ2n) is 9.70. The number of esters is 2. The normalized spacial score (nSPS) is 13.2. The van der Waals surface area contributed by atoms with Crippen LogP contribution in [0.4, 0.5) is 0 Å². The minimum atomic E-state index is -4.74. The first-order chi connectivity index (χ1) is 19.3. The molecule has 0 fully saturated rings. The molecule has 1 unspecified atom stereocenters. The maximum atomic E-state index is 12.2. The van der Waals surface area contributed by atoms with E-state index in [1.54, 1.807) is 0 Å². The van der Waals surface area contributed by atoms with Crippen molar-refractivity contribution in [1.29, 1.82) is 0 Å². The van der Waals surface area contributed by atoms with Gasteiger partial charge in [-0.15, -0.1) is 0 Å². The van der Waals surface area contributed by atoms with E-state index in [0.717, 1.165) is 77.0 Å². The van der Waals surface area contributed by atoms with Gasteiger partial charge in [-0.1, -0.05) is 101 Å². The van der Waals surface area contributed by atoms with E-state index < -0.39 is 32.5 Å². The van der Waals surface area contributed by atoms with E-state index in [2.05, 4.69) is 67.0 Å². The minimum absolute atomic E-state index is 0.182. The molecule has 0 aromatic rings. The van der Waals surface area contributed by atoms with Crippen molar-refractivity contribution < 1.29 is 37.9 Å². The van der Waals surface area contributed by atoms with Crippen molar-refractivity contribution in [3.8, 4) is 0 Å². The van der Waals surface area contributed by atoms with Crippen LogP contribution < -0.4 is 0 Å². The molecule has 230 valence electrons. The maximum Gasteiger partial charge on any atom is 0.469 e. The Labute approximate surface area is 242 Å². The summed E-state index contributed by atoms with van der Waals surface area (Å²) < 4.78 is 25.9. The van der Waals surface area contributed by atoms with Crippen LogP contribution in [0.25, 0.3) is 0 Å². The number of ether oxygens (including phenoxy) is 2. The van der Waals surface area contributed by atoms with Crippen LogP contribution in [0.5, 0.6) is 0 Å². The Balaban J connectivity index is 4.06. The van der Waals surface area contributed by atoms with Gasteiger partial charge in [0.1, 0.15) is 6.61 Å². The lowest BCUT2D eigenvalue weighted by Gasteiger charge is -2.18. The highest BCUT2D eigenvalue weighted by Gasteiger charge is 2.22. The van der Waals surface area contributed by atoms with Crippen LogP contribution >= 0.6 is 7.82 Å². The van der Waals surface area contributed by atoms with Crippen molar-refractivity contribution in [2.24, 2.45) is 0 Å². The number of hydrogen-bond donors (Lipinski definition) is 2. The van der Waals surface area contributed by atoms with Gasteiger partial charge in [-0.3, -0.25) is 14.1 Å². The van der Waals surface area contributed by atoms with Crippen molar-refractivity contribution in [3.05, 3.63) is 48.6 Å². The molecule has 0 amide bonds. The molecule has 0 rings (SSSR count). The molecule has 0 heterocycles. The Morgan fingerprint density at radius 1 is 0.675 bits per heavy atom. The van der Waals surface area contributed by atoms with Gasteiger partial charge in [0, 0.05) is 12.8 Å². The van der Waals surface area contributed by atoms with Gasteiger partial charge >= 0.3 is 19.8 Å². The topological polar surface area (TPSA) is 119 Å². The van der Waals surface area contributed by atoms with Crippen molar-refractivity contribution >= 4 is 19.8 Å². The van der Waals surface area contributed by atoms with Gasteiger partial charge in [0.2, 0.25) is 0 Å². The average Bonchev–Trinajstić information content (AvgIpc) is 2.91. The Hall–Kier alpha value is -1.99. The van der Waals surface area contributed by atoms with Gasteiger partial charge in [0.05, 0.1) is 6.61 Å². The number of rotatable bonds is 26. The van der Waals surface area contributed by atoms with Gasteiger partial charge in [-0.25, -0.2) is 4.57 Å². The summed E-state index contributed by atoms with van der Waals surface area (Å²) in [6.45, 7) is 3.40. The lowest BCUT2D eigenvalue weighted by molar-refractivity contribution is -0.161. The van der Waals surface area contributed by atoms with Crippen molar-refractivity contribution in [2.45, 2.75) is 123 Å². The number of hydrogen-bond acceptors (Lipinski definition) is 6. The second-order valence-corrected chi connectivity index (χ2v) is 10.9. The molecule has 0 saturated carbocycles. The zero-order valence-electron chi connectivity index (χ0n) is 24.7. The molecule has 40 heavy (non-hydrogen) atoms. The molecule has 0 spiro atoms. The van der Waals surface area contributed by atoms with Gasteiger partial charge in [-0.2, -0.15) is 0 Å². The summed E-state index contributed by atoms with van der Waals surface area (Å²) >= 11 is 0. The smallest absolute Gasteiger partial charge is 0.462 e. The Morgan fingerprint density at radius 2 is 1.20 bits per heavy atom. The third-order valence-electron chi connectivity index (χ3n) is 5.86. The van der Waals surface area contributed by atoms with Gasteiger partial charge in [0.15, 0.2) is 6.10 Å². The predicted molar refractivity (Wildman–Crippen MR) is 161 cm³/mol. The highest BCUT2D eigenvalue weighted by Crippen LogP contribution is 2.35. The second kappa shape index (κ2) is 27.2. The van der Waals surface area contributed by atoms with E-state index in [9.17, 15) is 14.2 Å². The summed E-state index contributed by atoms with van der Waals surface area (Å²) in [6, 6.07) is 0. The van der Waals surface area contributed by atoms with E-state index >= 15 is 0 Å². The fourth-order valence-corrected chi connectivity index (χ4v) is 4.02. The van der Waals surface area contributed by atoms with E-state index in [4.69, 9.17) is 19.3 Å². The highest BCUT2D eigenvalue weighted by atomic mass is 31.2. The molecule has 0 aromatic carbocycles. The van der Waals surface area contributed by atoms with Crippen LogP contribution in [0, 0.1) is 0 Å². The molecule has 0 aromatic heterocycles. The first-order valence-electron chi connectivity index (χ1n) is 14.9. The molecular weight excluding hydrogens is 531 g/mol. The van der Waals surface area contributed by atoms with Gasteiger partial charge in [-0.05, 0) is 51.4 Å². The summed E-state index contributed by atoms with van der Waals surface area (Å²) in [5, 5.41) is 0. The van der Waals surface area contributed by atoms with Crippen molar-refractivity contribution in [3.63, 3.8) is 0 Å². The molecule has 0 bridgehead atoms. The molecule has 0 saturated heterocycles. The quantitative estimate of drug-likeness (QED) is 0.0453. The Morgan fingerprint density at radius 3 is 1.77 bits per heavy atom. The number of phosphoric acid groups is 1. The van der Waals surface area contributed by atoms with Crippen LogP contribution in [0.1, 0.15) is 117 Å². The van der Waals surface area contributed by atoms with Crippen LogP contribution in [0.2, 0.25) is 0 Å². The largest absolute Gasteiger partial charge is 0.469 e. The molecule has 0 radical (unpaired) electrons. The van der Waals surface area contributed by atoms with Crippen LogP contribution in [-0.4, -0.2) is 41.0 Å². The van der Waals surface area contributed by atoms with Gasteiger partial charge in [0.25, 0.3) is 0 Å². The third kappa shape index (κ3) is 29.0. The van der Waals surface area contributed by atoms with Crippen LogP contribution in [0.15, 0.2) is 48.6 Å². The average molecular weight is 585 g/mol. The fraction of sp³-hybridized carbons (Fsp3) is 0.677. The lowest BCUT2D eigenvalue weighted by atomic mass is 10.1. The van der Waals surface area contributed by atoms with E-state index in [0.29, 0.717) is 12.8 Å². The summed E-state index contributed by atoms with van der Waals surface area (Å²) in [6.07, 6.45) is 30.2. The zero-order chi connectivity index (χ0) is 29.7. The number of unbranched alkanes of at least 4 members (excludes halogenated alkanes) is 8. The molecule has 0 aliphatic heterocycles. The zero-order valence-corrected chi connectivity index (χ0v) is 25.6. The Bertz CT molecular complexity index is 797. The SMILES string of the molecule is CC/C=C\C/C=C\C/C=C\C/C=C\CCCCCCC(=O)OC(COC(=O)CCCCCCC)COP(=O)(O)O. The highest BCUT2D eigenvalue weighted by molar-refractivity contribution is 7.46. The molecule has 9 heteroatoms. The predicted octanol–water partition coefficient (Wildman–Crippen LogP) is 8.06. The summed E-state index contributed by atoms with van der Waals surface area (Å²) in [5.41, 5.74) is 0. The molecule has 2 N–H and O–H groups in total. The molecule has 1 atom stereocenters. The van der Waals surface area contributed by atoms with Crippen LogP contribution in [-0.2, 0) is 28.2 Å². The van der Waals surface area contributed by atoms with E-state index in [-0.39, 0.29) is 19.4 Å². The standard InChI is InChI=1S/C31H53O8P/c1-3-5-7-9-10-11-12-13-14-15-16-17-18-19-20-22-24-26-31(33)39-29(28-38-40(34,35)36)27-37-30(32)25-23-21-8-6-4-2/h5,7,10-11,13-14,16-17,29H,3-4,6,8-9,12,15,18-28H2,1-2H3,(H2,34,35,36)/b7-5-,11-10-,14-13-,17-16-. The van der Waals surface area contributed by atoms with Crippen molar-refractivity contribution in [2.75, 3.05) is 13.2 Å². The minimum Gasteiger partial charge on any atom is -0.462 e. The summed E-state index contributed by atoms with van der Waals surface area (Å²) in [5.74, 6) is -0.934. The maximum absolute atomic E-state index is 12.2. The monoisotopic (exact) mass is 584 g/mol. The van der Waals surface area contributed by atoms with E-state index in [1.807, 2.05) is 0 Å². The number of carbonyl (C=O) groups is 2. The Kier molecular flexibility index (Phi) is 25.8. The molecule has 0 aliphatic carbocycles. The third-order valence-corrected chi connectivity index (χ3v) is 6.35. The van der Waals surface area contributed by atoms with Crippen LogP contribution in [0.3, 0.4) is 0 Å². The molecular formula is C31H53O8P. The summed E-state index contributed by atoms with van der Waals surface area (Å²) in [7, 11) is -4.74.